The third-order valence-corrected chi connectivity index (χ3v) is 2.39. The molecule has 0 radical (unpaired) electrons. The summed E-state index contributed by atoms with van der Waals surface area (Å²) in [6, 6.07) is 0. The fourth-order valence-electron chi connectivity index (χ4n) is 1.48. The van der Waals surface area contributed by atoms with Gasteiger partial charge in [-0.25, -0.2) is 0 Å². The second-order valence-electron chi connectivity index (χ2n) is 3.43. The van der Waals surface area contributed by atoms with E-state index in [2.05, 4.69) is 0 Å². The predicted molar refractivity (Wildman–Crippen MR) is 50.5 cm³/mol. The van der Waals surface area contributed by atoms with Gasteiger partial charge in [0.25, 0.3) is 0 Å². The number of carbonyl (C=O) groups is 3. The molecule has 14 heavy (non-hydrogen) atoms. The molecule has 1 saturated heterocycles. The minimum Gasteiger partial charge on any atom is -0.300 e. The zero-order chi connectivity index (χ0) is 10.6. The highest BCUT2D eigenvalue weighted by Gasteiger charge is 2.27. The van der Waals surface area contributed by atoms with Crippen LogP contribution in [0.4, 0.5) is 0 Å². The number of hydrogen-bond acceptors (Lipinski definition) is 3. The van der Waals surface area contributed by atoms with E-state index in [1.54, 1.807) is 0 Å². The lowest BCUT2D eigenvalue weighted by Crippen LogP contribution is -2.30. The molecular formula is C10H15NO3. The first-order valence-electron chi connectivity index (χ1n) is 5.00. The highest BCUT2D eigenvalue weighted by atomic mass is 16.2. The Morgan fingerprint density at radius 2 is 1.86 bits per heavy atom. The van der Waals surface area contributed by atoms with Crippen LogP contribution in [0.25, 0.3) is 0 Å². The Hall–Kier alpha value is -1.19. The SMILES string of the molecule is CCC(=O)CCCN1C(=O)CCC1=O. The zero-order valence-electron chi connectivity index (χ0n) is 8.41. The number of nitrogens with zero attached hydrogens (tertiary/aromatic N) is 1. The average Bonchev–Trinajstić information content (AvgIpc) is 2.48. The van der Waals surface area contributed by atoms with Crippen molar-refractivity contribution in [1.29, 1.82) is 0 Å². The molecular weight excluding hydrogens is 182 g/mol. The van der Waals surface area contributed by atoms with Crippen molar-refractivity contribution in [3.63, 3.8) is 0 Å². The van der Waals surface area contributed by atoms with Crippen LogP contribution in [0.3, 0.4) is 0 Å². The topological polar surface area (TPSA) is 54.5 Å². The van der Waals surface area contributed by atoms with E-state index in [0.29, 0.717) is 38.6 Å². The first kappa shape index (κ1) is 10.9. The van der Waals surface area contributed by atoms with Crippen LogP contribution in [0.5, 0.6) is 0 Å². The first-order chi connectivity index (χ1) is 6.65. The van der Waals surface area contributed by atoms with Crippen molar-refractivity contribution in [2.45, 2.75) is 39.0 Å². The van der Waals surface area contributed by atoms with Gasteiger partial charge in [0.2, 0.25) is 11.8 Å². The van der Waals surface area contributed by atoms with Crippen LogP contribution in [0.2, 0.25) is 0 Å². The Morgan fingerprint density at radius 3 is 2.36 bits per heavy atom. The standard InChI is InChI=1S/C10H15NO3/c1-2-8(12)4-3-7-11-9(13)5-6-10(11)14/h2-7H2,1H3. The van der Waals surface area contributed by atoms with Crippen molar-refractivity contribution in [3.8, 4) is 0 Å². The molecule has 78 valence electrons. The van der Waals surface area contributed by atoms with Crippen LogP contribution in [0, 0.1) is 0 Å². The first-order valence-corrected chi connectivity index (χ1v) is 5.00. The molecule has 1 heterocycles. The van der Waals surface area contributed by atoms with E-state index in [1.807, 2.05) is 6.92 Å². The number of imide groups is 1. The van der Waals surface area contributed by atoms with Crippen molar-refractivity contribution in [2.24, 2.45) is 0 Å². The monoisotopic (exact) mass is 197 g/mol. The van der Waals surface area contributed by atoms with Gasteiger partial charge in [0, 0.05) is 32.2 Å². The lowest BCUT2D eigenvalue weighted by Gasteiger charge is -2.12. The molecule has 0 spiro atoms. The van der Waals surface area contributed by atoms with E-state index in [-0.39, 0.29) is 17.6 Å². The number of ketones is 1. The van der Waals surface area contributed by atoms with Gasteiger partial charge >= 0.3 is 0 Å². The summed E-state index contributed by atoms with van der Waals surface area (Å²) in [5.41, 5.74) is 0. The van der Waals surface area contributed by atoms with Crippen LogP contribution in [0.15, 0.2) is 0 Å². The van der Waals surface area contributed by atoms with Gasteiger partial charge in [0.15, 0.2) is 0 Å². The molecule has 1 aliphatic rings. The van der Waals surface area contributed by atoms with Crippen molar-refractivity contribution >= 4 is 17.6 Å². The quantitative estimate of drug-likeness (QED) is 0.615. The maximum Gasteiger partial charge on any atom is 0.229 e. The molecule has 2 amide bonds. The summed E-state index contributed by atoms with van der Waals surface area (Å²) in [4.78, 5) is 34.5. The molecule has 0 bridgehead atoms. The highest BCUT2D eigenvalue weighted by molar-refractivity contribution is 6.01. The Kier molecular flexibility index (Phi) is 3.80. The lowest BCUT2D eigenvalue weighted by atomic mass is 10.2. The Labute approximate surface area is 83.3 Å². The summed E-state index contributed by atoms with van der Waals surface area (Å²) in [5, 5.41) is 0. The van der Waals surface area contributed by atoms with Crippen molar-refractivity contribution < 1.29 is 14.4 Å². The summed E-state index contributed by atoms with van der Waals surface area (Å²) in [6.07, 6.45) is 2.26. The Morgan fingerprint density at radius 1 is 1.29 bits per heavy atom. The molecule has 0 aliphatic carbocycles. The second kappa shape index (κ2) is 4.88. The minimum absolute atomic E-state index is 0.0982. The van der Waals surface area contributed by atoms with Gasteiger partial charge in [-0.2, -0.15) is 0 Å². The maximum absolute atomic E-state index is 11.2. The molecule has 0 unspecified atom stereocenters. The normalized spacial score (nSPS) is 16.5. The second-order valence-corrected chi connectivity index (χ2v) is 3.43. The molecule has 0 N–H and O–H groups in total. The van der Waals surface area contributed by atoms with E-state index in [0.717, 1.165) is 0 Å². The van der Waals surface area contributed by atoms with Gasteiger partial charge in [0.05, 0.1) is 0 Å². The van der Waals surface area contributed by atoms with Gasteiger partial charge in [-0.3, -0.25) is 19.3 Å². The highest BCUT2D eigenvalue weighted by Crippen LogP contribution is 2.12. The van der Waals surface area contributed by atoms with Gasteiger partial charge in [0.1, 0.15) is 5.78 Å². The van der Waals surface area contributed by atoms with Crippen LogP contribution < -0.4 is 0 Å². The molecule has 0 aromatic rings. The van der Waals surface area contributed by atoms with E-state index in [4.69, 9.17) is 0 Å². The molecule has 1 aliphatic heterocycles. The molecule has 4 heteroatoms. The van der Waals surface area contributed by atoms with Crippen LogP contribution in [-0.4, -0.2) is 29.0 Å². The number of hydrogen-bond donors (Lipinski definition) is 0. The van der Waals surface area contributed by atoms with Crippen LogP contribution in [-0.2, 0) is 14.4 Å². The number of amides is 2. The summed E-state index contributed by atoms with van der Waals surface area (Å²) >= 11 is 0. The Bertz CT molecular complexity index is 244. The molecule has 0 atom stereocenters. The van der Waals surface area contributed by atoms with Gasteiger partial charge in [-0.1, -0.05) is 6.92 Å². The number of rotatable bonds is 5. The van der Waals surface area contributed by atoms with E-state index in [1.165, 1.54) is 4.90 Å². The maximum atomic E-state index is 11.2. The largest absolute Gasteiger partial charge is 0.300 e. The van der Waals surface area contributed by atoms with Crippen molar-refractivity contribution in [1.82, 2.24) is 4.90 Å². The molecule has 0 aromatic heterocycles. The van der Waals surface area contributed by atoms with Gasteiger partial charge in [-0.15, -0.1) is 0 Å². The number of likely N-dealkylation sites (tertiary alicyclic amines) is 1. The summed E-state index contributed by atoms with van der Waals surface area (Å²) < 4.78 is 0. The van der Waals surface area contributed by atoms with E-state index >= 15 is 0 Å². The molecule has 1 rings (SSSR count). The molecule has 1 fully saturated rings. The van der Waals surface area contributed by atoms with E-state index in [9.17, 15) is 14.4 Å². The third-order valence-electron chi connectivity index (χ3n) is 2.39. The Balaban J connectivity index is 2.27. The molecule has 4 nitrogen and oxygen atoms in total. The van der Waals surface area contributed by atoms with Gasteiger partial charge in [-0.05, 0) is 6.42 Å². The predicted octanol–water partition coefficient (Wildman–Crippen LogP) is 0.895. The average molecular weight is 197 g/mol. The van der Waals surface area contributed by atoms with Crippen LogP contribution in [0.1, 0.15) is 39.0 Å². The van der Waals surface area contributed by atoms with Gasteiger partial charge < -0.3 is 0 Å². The fraction of sp³-hybridized carbons (Fsp3) is 0.700. The fourth-order valence-corrected chi connectivity index (χ4v) is 1.48. The number of Topliss-reactive ketones (excluding diaryl/α,β-unsaturated/α-hetero) is 1. The van der Waals surface area contributed by atoms with E-state index < -0.39 is 0 Å². The molecule has 0 saturated carbocycles. The minimum atomic E-state index is -0.0982. The summed E-state index contributed by atoms with van der Waals surface area (Å²) in [5.74, 6) is -0.0120. The summed E-state index contributed by atoms with van der Waals surface area (Å²) in [7, 11) is 0. The number of carbonyl (C=O) groups excluding carboxylic acids is 3. The molecule has 0 aromatic carbocycles. The van der Waals surface area contributed by atoms with Crippen molar-refractivity contribution in [2.75, 3.05) is 6.54 Å². The summed E-state index contributed by atoms with van der Waals surface area (Å²) in [6.45, 7) is 2.22. The lowest BCUT2D eigenvalue weighted by molar-refractivity contribution is -0.138. The zero-order valence-corrected chi connectivity index (χ0v) is 8.41. The smallest absolute Gasteiger partial charge is 0.229 e. The third kappa shape index (κ3) is 2.65. The van der Waals surface area contributed by atoms with Crippen LogP contribution >= 0.6 is 0 Å². The van der Waals surface area contributed by atoms with Crippen molar-refractivity contribution in [3.05, 3.63) is 0 Å².